The molecule has 0 aliphatic rings. The first-order valence-electron chi connectivity index (χ1n) is 5.51. The molecule has 4 nitrogen and oxygen atoms in total. The van der Waals surface area contributed by atoms with Crippen LogP contribution >= 0.6 is 11.6 Å². The minimum atomic E-state index is -1.09. The molecule has 0 bridgehead atoms. The molecule has 94 valence electrons. The summed E-state index contributed by atoms with van der Waals surface area (Å²) in [5.74, 6) is -0.894. The molecule has 0 saturated carbocycles. The number of nitrogen functional groups attached to an aromatic ring is 1. The van der Waals surface area contributed by atoms with Gasteiger partial charge in [0.2, 0.25) is 0 Å². The van der Waals surface area contributed by atoms with E-state index in [2.05, 4.69) is 6.92 Å². The zero-order chi connectivity index (χ0) is 12.8. The number of carboxylic acid groups (broad SMARTS) is 1. The molecule has 0 aromatic heterocycles. The van der Waals surface area contributed by atoms with Crippen LogP contribution in [0.15, 0.2) is 12.1 Å². The van der Waals surface area contributed by atoms with Crippen molar-refractivity contribution in [2.75, 3.05) is 12.3 Å². The van der Waals surface area contributed by atoms with Crippen molar-refractivity contribution in [3.05, 3.63) is 22.7 Å². The van der Waals surface area contributed by atoms with E-state index in [-0.39, 0.29) is 16.3 Å². The van der Waals surface area contributed by atoms with E-state index in [0.29, 0.717) is 12.3 Å². The van der Waals surface area contributed by atoms with Gasteiger partial charge in [-0.1, -0.05) is 31.4 Å². The van der Waals surface area contributed by atoms with E-state index in [1.807, 2.05) is 0 Å². The number of hydrogen-bond acceptors (Lipinski definition) is 3. The summed E-state index contributed by atoms with van der Waals surface area (Å²) in [6.45, 7) is 2.54. The third kappa shape index (κ3) is 3.82. The Balaban J connectivity index is 2.85. The zero-order valence-electron chi connectivity index (χ0n) is 9.70. The summed E-state index contributed by atoms with van der Waals surface area (Å²) in [5, 5.41) is 9.26. The standard InChI is InChI=1S/C12H16ClNO3/c1-2-3-4-5-17-11-9(12(15)16)6-8(14)7-10(11)13/h6-7H,2-5,14H2,1H3,(H,15,16). The maximum atomic E-state index is 11.0. The summed E-state index contributed by atoms with van der Waals surface area (Å²) in [5.41, 5.74) is 5.86. The van der Waals surface area contributed by atoms with Gasteiger partial charge in [0.05, 0.1) is 11.6 Å². The van der Waals surface area contributed by atoms with Crippen molar-refractivity contribution in [1.29, 1.82) is 0 Å². The average molecular weight is 258 g/mol. The van der Waals surface area contributed by atoms with E-state index in [9.17, 15) is 4.79 Å². The molecule has 0 radical (unpaired) electrons. The second kappa shape index (κ2) is 6.35. The molecule has 5 heteroatoms. The van der Waals surface area contributed by atoms with Crippen LogP contribution < -0.4 is 10.5 Å². The number of unbranched alkanes of at least 4 members (excludes halogenated alkanes) is 2. The number of halogens is 1. The topological polar surface area (TPSA) is 72.5 Å². The van der Waals surface area contributed by atoms with Gasteiger partial charge < -0.3 is 15.6 Å². The second-order valence-corrected chi connectivity index (χ2v) is 4.15. The molecule has 0 fully saturated rings. The molecule has 1 aromatic carbocycles. The van der Waals surface area contributed by atoms with E-state index in [1.165, 1.54) is 12.1 Å². The lowest BCUT2D eigenvalue weighted by Gasteiger charge is -2.11. The van der Waals surface area contributed by atoms with Crippen molar-refractivity contribution < 1.29 is 14.6 Å². The summed E-state index contributed by atoms with van der Waals surface area (Å²) in [4.78, 5) is 11.0. The lowest BCUT2D eigenvalue weighted by Crippen LogP contribution is -2.06. The fourth-order valence-electron chi connectivity index (χ4n) is 1.45. The first-order valence-corrected chi connectivity index (χ1v) is 5.89. The Morgan fingerprint density at radius 2 is 2.18 bits per heavy atom. The molecule has 0 aliphatic heterocycles. The SMILES string of the molecule is CCCCCOc1c(Cl)cc(N)cc1C(=O)O. The molecule has 1 aromatic rings. The van der Waals surface area contributed by atoms with Gasteiger partial charge in [0.25, 0.3) is 0 Å². The van der Waals surface area contributed by atoms with E-state index < -0.39 is 5.97 Å². The molecule has 1 rings (SSSR count). The molecule has 0 aliphatic carbocycles. The number of carboxylic acids is 1. The number of benzene rings is 1. The summed E-state index contributed by atoms with van der Waals surface area (Å²) in [6, 6.07) is 2.84. The van der Waals surface area contributed by atoms with E-state index in [4.69, 9.17) is 27.2 Å². The maximum absolute atomic E-state index is 11.0. The molecular weight excluding hydrogens is 242 g/mol. The number of carbonyl (C=O) groups is 1. The van der Waals surface area contributed by atoms with Crippen LogP contribution in [0.1, 0.15) is 36.5 Å². The number of rotatable bonds is 6. The number of ether oxygens (including phenoxy) is 1. The van der Waals surface area contributed by atoms with Crippen molar-refractivity contribution in [3.8, 4) is 5.75 Å². The van der Waals surface area contributed by atoms with Crippen LogP contribution in [0.3, 0.4) is 0 Å². The molecular formula is C12H16ClNO3. The summed E-state index contributed by atoms with van der Waals surface area (Å²) >= 11 is 5.92. The molecule has 0 unspecified atom stereocenters. The minimum Gasteiger partial charge on any atom is -0.491 e. The average Bonchev–Trinajstić information content (AvgIpc) is 2.25. The van der Waals surface area contributed by atoms with Gasteiger partial charge in [-0.2, -0.15) is 0 Å². The molecule has 17 heavy (non-hydrogen) atoms. The van der Waals surface area contributed by atoms with Crippen molar-refractivity contribution in [3.63, 3.8) is 0 Å². The Morgan fingerprint density at radius 1 is 1.47 bits per heavy atom. The van der Waals surface area contributed by atoms with Gasteiger partial charge in [0.15, 0.2) is 5.75 Å². The quantitative estimate of drug-likeness (QED) is 0.606. The van der Waals surface area contributed by atoms with Gasteiger partial charge in [-0.25, -0.2) is 4.79 Å². The first kappa shape index (κ1) is 13.6. The Kier molecular flexibility index (Phi) is 5.10. The molecule has 0 saturated heterocycles. The van der Waals surface area contributed by atoms with Gasteiger partial charge in [0.1, 0.15) is 5.56 Å². The fraction of sp³-hybridized carbons (Fsp3) is 0.417. The highest BCUT2D eigenvalue weighted by atomic mass is 35.5. The van der Waals surface area contributed by atoms with E-state index in [1.54, 1.807) is 0 Å². The Labute approximate surface area is 105 Å². The Hall–Kier alpha value is -1.42. The molecule has 0 heterocycles. The predicted molar refractivity (Wildman–Crippen MR) is 67.8 cm³/mol. The number of nitrogens with two attached hydrogens (primary N) is 1. The Bertz CT molecular complexity index is 407. The van der Waals surface area contributed by atoms with E-state index in [0.717, 1.165) is 19.3 Å². The van der Waals surface area contributed by atoms with Gasteiger partial charge >= 0.3 is 5.97 Å². The van der Waals surface area contributed by atoms with Crippen molar-refractivity contribution in [1.82, 2.24) is 0 Å². The molecule has 3 N–H and O–H groups in total. The number of anilines is 1. The molecule has 0 atom stereocenters. The van der Waals surface area contributed by atoms with Crippen LogP contribution in [0, 0.1) is 0 Å². The second-order valence-electron chi connectivity index (χ2n) is 3.74. The highest BCUT2D eigenvalue weighted by Crippen LogP contribution is 2.31. The van der Waals surface area contributed by atoms with Crippen LogP contribution in [-0.2, 0) is 0 Å². The van der Waals surface area contributed by atoms with Gasteiger partial charge in [-0.05, 0) is 18.6 Å². The van der Waals surface area contributed by atoms with Crippen LogP contribution in [0.4, 0.5) is 5.69 Å². The molecule has 0 spiro atoms. The maximum Gasteiger partial charge on any atom is 0.339 e. The van der Waals surface area contributed by atoms with Crippen LogP contribution in [0.2, 0.25) is 5.02 Å². The zero-order valence-corrected chi connectivity index (χ0v) is 10.5. The highest BCUT2D eigenvalue weighted by Gasteiger charge is 2.16. The van der Waals surface area contributed by atoms with Crippen LogP contribution in [0.25, 0.3) is 0 Å². The largest absolute Gasteiger partial charge is 0.491 e. The lowest BCUT2D eigenvalue weighted by atomic mass is 10.2. The Morgan fingerprint density at radius 3 is 2.76 bits per heavy atom. The van der Waals surface area contributed by atoms with Gasteiger partial charge in [-0.3, -0.25) is 0 Å². The van der Waals surface area contributed by atoms with Crippen molar-refractivity contribution in [2.24, 2.45) is 0 Å². The van der Waals surface area contributed by atoms with Gasteiger partial charge in [0, 0.05) is 5.69 Å². The smallest absolute Gasteiger partial charge is 0.339 e. The third-order valence-electron chi connectivity index (χ3n) is 2.29. The fourth-order valence-corrected chi connectivity index (χ4v) is 1.73. The summed E-state index contributed by atoms with van der Waals surface area (Å²) in [7, 11) is 0. The summed E-state index contributed by atoms with van der Waals surface area (Å²) < 4.78 is 5.42. The van der Waals surface area contributed by atoms with E-state index >= 15 is 0 Å². The van der Waals surface area contributed by atoms with Crippen molar-refractivity contribution in [2.45, 2.75) is 26.2 Å². The minimum absolute atomic E-state index is 0.00602. The third-order valence-corrected chi connectivity index (χ3v) is 2.57. The predicted octanol–water partition coefficient (Wildman–Crippen LogP) is 3.19. The van der Waals surface area contributed by atoms with Crippen molar-refractivity contribution >= 4 is 23.3 Å². The van der Waals surface area contributed by atoms with Crippen LogP contribution in [-0.4, -0.2) is 17.7 Å². The normalized spacial score (nSPS) is 10.2. The van der Waals surface area contributed by atoms with Gasteiger partial charge in [-0.15, -0.1) is 0 Å². The highest BCUT2D eigenvalue weighted by molar-refractivity contribution is 6.33. The number of aromatic carboxylic acids is 1. The lowest BCUT2D eigenvalue weighted by molar-refractivity contribution is 0.0692. The number of hydrogen-bond donors (Lipinski definition) is 2. The summed E-state index contributed by atoms with van der Waals surface area (Å²) in [6.07, 6.45) is 2.98. The first-order chi connectivity index (χ1) is 8.06. The molecule has 0 amide bonds. The van der Waals surface area contributed by atoms with Crippen LogP contribution in [0.5, 0.6) is 5.75 Å². The monoisotopic (exact) mass is 257 g/mol.